The molecule has 0 atom stereocenters. The summed E-state index contributed by atoms with van der Waals surface area (Å²) < 4.78 is 5.49. The molecule has 1 heterocycles. The van der Waals surface area contributed by atoms with E-state index in [9.17, 15) is 0 Å². The molecule has 0 N–H and O–H groups in total. The zero-order valence-corrected chi connectivity index (χ0v) is 9.38. The Hall–Kier alpha value is 0.840. The number of aryl methyl sites for hydroxylation is 1. The van der Waals surface area contributed by atoms with Gasteiger partial charge in [-0.1, -0.05) is 15.9 Å². The van der Waals surface area contributed by atoms with E-state index in [1.165, 1.54) is 8.45 Å². The molecule has 0 spiro atoms. The van der Waals surface area contributed by atoms with Gasteiger partial charge in [-0.25, -0.2) is 0 Å². The number of hydrogen-bond acceptors (Lipinski definition) is 2. The van der Waals surface area contributed by atoms with Crippen LogP contribution in [-0.2, 0) is 5.33 Å². The zero-order valence-electron chi connectivity index (χ0n) is 4.82. The van der Waals surface area contributed by atoms with Crippen molar-refractivity contribution in [3.05, 3.63) is 14.1 Å². The molecular weight excluding hydrogens is 313 g/mol. The Kier molecular flexibility index (Phi) is 2.91. The van der Waals surface area contributed by atoms with Crippen molar-refractivity contribution >= 4 is 50.1 Å². The molecule has 1 aromatic rings. The van der Waals surface area contributed by atoms with Gasteiger partial charge in [0, 0.05) is 10.2 Å². The molecule has 4 heteroatoms. The van der Waals surface area contributed by atoms with Crippen LogP contribution in [-0.4, -0.2) is 4.37 Å². The third kappa shape index (κ3) is 1.65. The molecule has 0 unspecified atom stereocenters. The second kappa shape index (κ2) is 3.30. The SMILES string of the molecule is Cc1nsc(CBr)c1I. The quantitative estimate of drug-likeness (QED) is 0.573. The van der Waals surface area contributed by atoms with Gasteiger partial charge in [0.15, 0.2) is 0 Å². The molecule has 0 aliphatic carbocycles. The Balaban J connectivity index is 3.04. The Labute approximate surface area is 80.3 Å². The number of aromatic nitrogens is 1. The highest BCUT2D eigenvalue weighted by Crippen LogP contribution is 2.22. The second-order valence-corrected chi connectivity index (χ2v) is 4.14. The van der Waals surface area contributed by atoms with Crippen LogP contribution in [0.15, 0.2) is 0 Å². The lowest BCUT2D eigenvalue weighted by Crippen LogP contribution is -1.75. The number of hydrogen-bond donors (Lipinski definition) is 0. The number of nitrogens with zero attached hydrogens (tertiary/aromatic N) is 1. The van der Waals surface area contributed by atoms with Crippen molar-refractivity contribution in [1.82, 2.24) is 4.37 Å². The van der Waals surface area contributed by atoms with Gasteiger partial charge in [-0.05, 0) is 41.0 Å². The molecule has 0 saturated carbocycles. The predicted octanol–water partition coefficient (Wildman–Crippen LogP) is 2.95. The highest BCUT2D eigenvalue weighted by Gasteiger charge is 2.03. The van der Waals surface area contributed by atoms with Crippen molar-refractivity contribution in [2.75, 3.05) is 0 Å². The van der Waals surface area contributed by atoms with E-state index in [1.807, 2.05) is 6.92 Å². The number of alkyl halides is 1. The van der Waals surface area contributed by atoms with Gasteiger partial charge in [-0.3, -0.25) is 0 Å². The van der Waals surface area contributed by atoms with Crippen molar-refractivity contribution in [1.29, 1.82) is 0 Å². The first-order chi connectivity index (χ1) is 4.25. The average molecular weight is 318 g/mol. The van der Waals surface area contributed by atoms with Crippen molar-refractivity contribution in [3.8, 4) is 0 Å². The van der Waals surface area contributed by atoms with Crippen LogP contribution in [0, 0.1) is 10.5 Å². The Morgan fingerprint density at radius 3 is 2.67 bits per heavy atom. The zero-order chi connectivity index (χ0) is 6.85. The maximum absolute atomic E-state index is 4.19. The molecular formula is C5H5BrINS. The summed E-state index contributed by atoms with van der Waals surface area (Å²) in [4.78, 5) is 1.33. The lowest BCUT2D eigenvalue weighted by atomic mass is 10.4. The predicted molar refractivity (Wildman–Crippen MR) is 52.2 cm³/mol. The Morgan fingerprint density at radius 2 is 2.44 bits per heavy atom. The standard InChI is InChI=1S/C5H5BrINS/c1-3-5(7)4(2-6)9-8-3/h2H2,1H3. The van der Waals surface area contributed by atoms with Gasteiger partial charge in [-0.2, -0.15) is 4.37 Å². The first kappa shape index (κ1) is 7.94. The maximum atomic E-state index is 4.19. The average Bonchev–Trinajstić information content (AvgIpc) is 2.15. The molecule has 1 aromatic heterocycles. The third-order valence-corrected chi connectivity index (χ3v) is 4.64. The smallest absolute Gasteiger partial charge is 0.0647 e. The fraction of sp³-hybridized carbons (Fsp3) is 0.400. The van der Waals surface area contributed by atoms with Crippen LogP contribution >= 0.6 is 50.1 Å². The first-order valence-electron chi connectivity index (χ1n) is 2.42. The van der Waals surface area contributed by atoms with E-state index in [2.05, 4.69) is 42.9 Å². The van der Waals surface area contributed by atoms with E-state index in [0.717, 1.165) is 11.0 Å². The Bertz CT molecular complexity index is 211. The molecule has 0 radical (unpaired) electrons. The van der Waals surface area contributed by atoms with Gasteiger partial charge in [-0.15, -0.1) is 0 Å². The molecule has 0 aliphatic heterocycles. The van der Waals surface area contributed by atoms with Crippen molar-refractivity contribution < 1.29 is 0 Å². The van der Waals surface area contributed by atoms with Crippen LogP contribution in [0.1, 0.15) is 10.6 Å². The fourth-order valence-corrected chi connectivity index (χ4v) is 2.99. The summed E-state index contributed by atoms with van der Waals surface area (Å²) in [5.41, 5.74) is 1.15. The summed E-state index contributed by atoms with van der Waals surface area (Å²) in [6, 6.07) is 0. The largest absolute Gasteiger partial charge is 0.197 e. The monoisotopic (exact) mass is 317 g/mol. The topological polar surface area (TPSA) is 12.9 Å². The van der Waals surface area contributed by atoms with Crippen LogP contribution < -0.4 is 0 Å². The van der Waals surface area contributed by atoms with Crippen molar-refractivity contribution in [3.63, 3.8) is 0 Å². The van der Waals surface area contributed by atoms with Gasteiger partial charge >= 0.3 is 0 Å². The van der Waals surface area contributed by atoms with Crippen molar-refractivity contribution in [2.24, 2.45) is 0 Å². The minimum absolute atomic E-state index is 0.927. The molecule has 0 bridgehead atoms. The van der Waals surface area contributed by atoms with Gasteiger partial charge < -0.3 is 0 Å². The molecule has 0 amide bonds. The van der Waals surface area contributed by atoms with Crippen LogP contribution in [0.3, 0.4) is 0 Å². The normalized spacial score (nSPS) is 10.1. The van der Waals surface area contributed by atoms with Crippen LogP contribution in [0.25, 0.3) is 0 Å². The molecule has 50 valence electrons. The summed E-state index contributed by atoms with van der Waals surface area (Å²) in [6.45, 7) is 2.03. The van der Waals surface area contributed by atoms with Crippen molar-refractivity contribution in [2.45, 2.75) is 12.3 Å². The van der Waals surface area contributed by atoms with Gasteiger partial charge in [0.1, 0.15) is 0 Å². The highest BCUT2D eigenvalue weighted by molar-refractivity contribution is 14.1. The lowest BCUT2D eigenvalue weighted by Gasteiger charge is -1.85. The molecule has 0 aliphatic rings. The van der Waals surface area contributed by atoms with E-state index in [1.54, 1.807) is 11.5 Å². The van der Waals surface area contributed by atoms with E-state index in [-0.39, 0.29) is 0 Å². The summed E-state index contributed by atoms with van der Waals surface area (Å²) in [5, 5.41) is 0.927. The molecule has 1 nitrogen and oxygen atoms in total. The maximum Gasteiger partial charge on any atom is 0.0647 e. The Morgan fingerprint density at radius 1 is 1.78 bits per heavy atom. The van der Waals surface area contributed by atoms with Gasteiger partial charge in [0.25, 0.3) is 0 Å². The number of halogens is 2. The van der Waals surface area contributed by atoms with E-state index < -0.39 is 0 Å². The lowest BCUT2D eigenvalue weighted by molar-refractivity contribution is 1.31. The fourth-order valence-electron chi connectivity index (χ4n) is 0.489. The van der Waals surface area contributed by atoms with E-state index in [0.29, 0.717) is 0 Å². The molecule has 9 heavy (non-hydrogen) atoms. The van der Waals surface area contributed by atoms with Gasteiger partial charge in [0.05, 0.1) is 9.26 Å². The summed E-state index contributed by atoms with van der Waals surface area (Å²) in [7, 11) is 0. The molecule has 0 aromatic carbocycles. The van der Waals surface area contributed by atoms with Crippen LogP contribution in [0.2, 0.25) is 0 Å². The minimum Gasteiger partial charge on any atom is -0.197 e. The van der Waals surface area contributed by atoms with E-state index >= 15 is 0 Å². The molecule has 0 fully saturated rings. The summed E-state index contributed by atoms with van der Waals surface area (Å²) in [5.74, 6) is 0. The van der Waals surface area contributed by atoms with Crippen LogP contribution in [0.5, 0.6) is 0 Å². The minimum atomic E-state index is 0.927. The second-order valence-electron chi connectivity index (χ2n) is 1.64. The summed E-state index contributed by atoms with van der Waals surface area (Å²) in [6.07, 6.45) is 0. The first-order valence-corrected chi connectivity index (χ1v) is 5.39. The van der Waals surface area contributed by atoms with Crippen LogP contribution in [0.4, 0.5) is 0 Å². The number of rotatable bonds is 1. The van der Waals surface area contributed by atoms with Gasteiger partial charge in [0.2, 0.25) is 0 Å². The highest BCUT2D eigenvalue weighted by atomic mass is 127. The summed E-state index contributed by atoms with van der Waals surface area (Å²) >= 11 is 7.28. The molecule has 0 saturated heterocycles. The van der Waals surface area contributed by atoms with E-state index in [4.69, 9.17) is 0 Å². The molecule has 1 rings (SSSR count). The third-order valence-electron chi connectivity index (χ3n) is 0.977.